The summed E-state index contributed by atoms with van der Waals surface area (Å²) in [5.74, 6) is 2.28. The Labute approximate surface area is 90.0 Å². The molecule has 4 nitrogen and oxygen atoms in total. The van der Waals surface area contributed by atoms with Crippen LogP contribution in [-0.4, -0.2) is 25.2 Å². The van der Waals surface area contributed by atoms with Gasteiger partial charge in [0.2, 0.25) is 5.89 Å². The fraction of sp³-hybridized carbons (Fsp3) is 0.727. The van der Waals surface area contributed by atoms with Crippen LogP contribution in [0.5, 0.6) is 0 Å². The Balaban J connectivity index is 2.05. The van der Waals surface area contributed by atoms with E-state index >= 15 is 0 Å². The van der Waals surface area contributed by atoms with Crippen molar-refractivity contribution in [3.05, 3.63) is 17.8 Å². The number of oxazole rings is 1. The standard InChI is InChI=1S/C11H18N2O2/c1-8(12-2)11-13-7-10(15-11)9-3-5-14-6-4-9/h7-9,12H,3-6H2,1-2H3. The van der Waals surface area contributed by atoms with Crippen LogP contribution in [0.4, 0.5) is 0 Å². The van der Waals surface area contributed by atoms with Gasteiger partial charge in [0.15, 0.2) is 0 Å². The van der Waals surface area contributed by atoms with Gasteiger partial charge in [0.1, 0.15) is 5.76 Å². The predicted octanol–water partition coefficient (Wildman–Crippen LogP) is 1.85. The third kappa shape index (κ3) is 2.38. The average molecular weight is 210 g/mol. The molecule has 1 aromatic heterocycles. The van der Waals surface area contributed by atoms with Crippen molar-refractivity contribution < 1.29 is 9.15 Å². The second-order valence-electron chi connectivity index (χ2n) is 4.00. The van der Waals surface area contributed by atoms with Gasteiger partial charge in [-0.25, -0.2) is 4.98 Å². The van der Waals surface area contributed by atoms with E-state index in [0.29, 0.717) is 5.92 Å². The van der Waals surface area contributed by atoms with Crippen LogP contribution < -0.4 is 5.32 Å². The summed E-state index contributed by atoms with van der Waals surface area (Å²) in [5, 5.41) is 3.12. The Morgan fingerprint density at radius 3 is 2.87 bits per heavy atom. The summed E-state index contributed by atoms with van der Waals surface area (Å²) >= 11 is 0. The van der Waals surface area contributed by atoms with Crippen LogP contribution in [0.15, 0.2) is 10.6 Å². The summed E-state index contributed by atoms with van der Waals surface area (Å²) in [5.41, 5.74) is 0. The average Bonchev–Trinajstić information content (AvgIpc) is 2.78. The van der Waals surface area contributed by atoms with Gasteiger partial charge in [-0.2, -0.15) is 0 Å². The smallest absolute Gasteiger partial charge is 0.211 e. The maximum absolute atomic E-state index is 5.75. The van der Waals surface area contributed by atoms with Crippen LogP contribution in [0.2, 0.25) is 0 Å². The molecule has 0 aromatic carbocycles. The molecule has 1 aromatic rings. The van der Waals surface area contributed by atoms with Crippen LogP contribution >= 0.6 is 0 Å². The Morgan fingerprint density at radius 1 is 1.47 bits per heavy atom. The molecule has 0 bridgehead atoms. The number of rotatable bonds is 3. The minimum absolute atomic E-state index is 0.179. The van der Waals surface area contributed by atoms with E-state index in [4.69, 9.17) is 9.15 Å². The summed E-state index contributed by atoms with van der Waals surface area (Å²) in [4.78, 5) is 4.29. The number of hydrogen-bond donors (Lipinski definition) is 1. The highest BCUT2D eigenvalue weighted by atomic mass is 16.5. The molecule has 1 N–H and O–H groups in total. The lowest BCUT2D eigenvalue weighted by Crippen LogP contribution is -2.14. The summed E-state index contributed by atoms with van der Waals surface area (Å²) in [6.45, 7) is 3.71. The third-order valence-electron chi connectivity index (χ3n) is 2.97. The van der Waals surface area contributed by atoms with Crippen LogP contribution in [-0.2, 0) is 4.74 Å². The van der Waals surface area contributed by atoms with Crippen LogP contribution in [0, 0.1) is 0 Å². The lowest BCUT2D eigenvalue weighted by atomic mass is 9.98. The van der Waals surface area contributed by atoms with Gasteiger partial charge in [-0.15, -0.1) is 0 Å². The molecular weight excluding hydrogens is 192 g/mol. The highest BCUT2D eigenvalue weighted by Crippen LogP contribution is 2.28. The van der Waals surface area contributed by atoms with E-state index in [1.165, 1.54) is 0 Å². The summed E-state index contributed by atoms with van der Waals surface area (Å²) in [7, 11) is 1.91. The first-order valence-corrected chi connectivity index (χ1v) is 5.52. The van der Waals surface area contributed by atoms with Crippen molar-refractivity contribution in [3.63, 3.8) is 0 Å². The number of hydrogen-bond acceptors (Lipinski definition) is 4. The topological polar surface area (TPSA) is 47.3 Å². The zero-order valence-electron chi connectivity index (χ0n) is 9.32. The van der Waals surface area contributed by atoms with E-state index in [0.717, 1.165) is 37.7 Å². The molecule has 1 fully saturated rings. The molecule has 15 heavy (non-hydrogen) atoms. The third-order valence-corrected chi connectivity index (χ3v) is 2.97. The first kappa shape index (κ1) is 10.6. The highest BCUT2D eigenvalue weighted by Gasteiger charge is 2.20. The number of ether oxygens (including phenoxy) is 1. The molecule has 84 valence electrons. The van der Waals surface area contributed by atoms with Gasteiger partial charge < -0.3 is 14.5 Å². The van der Waals surface area contributed by atoms with Gasteiger partial charge in [0.05, 0.1) is 12.2 Å². The molecule has 1 unspecified atom stereocenters. The second kappa shape index (κ2) is 4.77. The van der Waals surface area contributed by atoms with E-state index < -0.39 is 0 Å². The molecule has 1 aliphatic heterocycles. The molecule has 1 atom stereocenters. The normalized spacial score (nSPS) is 20.4. The maximum atomic E-state index is 5.75. The minimum atomic E-state index is 0.179. The van der Waals surface area contributed by atoms with E-state index in [9.17, 15) is 0 Å². The van der Waals surface area contributed by atoms with Crippen LogP contribution in [0.25, 0.3) is 0 Å². The highest BCUT2D eigenvalue weighted by molar-refractivity contribution is 5.04. The lowest BCUT2D eigenvalue weighted by molar-refractivity contribution is 0.0802. The zero-order chi connectivity index (χ0) is 10.7. The first-order chi connectivity index (χ1) is 7.31. The second-order valence-corrected chi connectivity index (χ2v) is 4.00. The van der Waals surface area contributed by atoms with E-state index in [1.807, 2.05) is 20.2 Å². The molecular formula is C11H18N2O2. The molecule has 0 aliphatic carbocycles. The van der Waals surface area contributed by atoms with Gasteiger partial charge in [-0.1, -0.05) is 0 Å². The fourth-order valence-corrected chi connectivity index (χ4v) is 1.80. The van der Waals surface area contributed by atoms with Crippen molar-refractivity contribution in [1.29, 1.82) is 0 Å². The van der Waals surface area contributed by atoms with E-state index in [-0.39, 0.29) is 6.04 Å². The zero-order valence-corrected chi connectivity index (χ0v) is 9.32. The molecule has 1 aliphatic rings. The van der Waals surface area contributed by atoms with Crippen molar-refractivity contribution in [1.82, 2.24) is 10.3 Å². The monoisotopic (exact) mass is 210 g/mol. The van der Waals surface area contributed by atoms with Crippen molar-refractivity contribution in [3.8, 4) is 0 Å². The summed E-state index contributed by atoms with van der Waals surface area (Å²) in [6.07, 6.45) is 3.95. The largest absolute Gasteiger partial charge is 0.444 e. The Kier molecular flexibility index (Phi) is 3.38. The fourth-order valence-electron chi connectivity index (χ4n) is 1.80. The van der Waals surface area contributed by atoms with Crippen LogP contribution in [0.3, 0.4) is 0 Å². The summed E-state index contributed by atoms with van der Waals surface area (Å²) < 4.78 is 11.1. The van der Waals surface area contributed by atoms with Gasteiger partial charge in [-0.05, 0) is 26.8 Å². The Bertz CT molecular complexity index is 305. The van der Waals surface area contributed by atoms with E-state index in [2.05, 4.69) is 10.3 Å². The molecule has 0 spiro atoms. The number of nitrogens with zero attached hydrogens (tertiary/aromatic N) is 1. The molecule has 2 rings (SSSR count). The van der Waals surface area contributed by atoms with Crippen LogP contribution in [0.1, 0.15) is 43.4 Å². The SMILES string of the molecule is CNC(C)c1ncc(C2CCOCC2)o1. The van der Waals surface area contributed by atoms with Gasteiger partial charge in [0.25, 0.3) is 0 Å². The predicted molar refractivity (Wildman–Crippen MR) is 56.8 cm³/mol. The number of aromatic nitrogens is 1. The van der Waals surface area contributed by atoms with Gasteiger partial charge >= 0.3 is 0 Å². The van der Waals surface area contributed by atoms with Crippen molar-refractivity contribution in [2.45, 2.75) is 31.7 Å². The molecule has 0 radical (unpaired) electrons. The molecule has 2 heterocycles. The van der Waals surface area contributed by atoms with Crippen molar-refractivity contribution in [2.75, 3.05) is 20.3 Å². The maximum Gasteiger partial charge on any atom is 0.211 e. The van der Waals surface area contributed by atoms with Crippen molar-refractivity contribution >= 4 is 0 Å². The Morgan fingerprint density at radius 2 is 2.20 bits per heavy atom. The summed E-state index contributed by atoms with van der Waals surface area (Å²) in [6, 6.07) is 0.179. The molecule has 0 saturated carbocycles. The molecule has 0 amide bonds. The van der Waals surface area contributed by atoms with Gasteiger partial charge in [-0.3, -0.25) is 0 Å². The Hall–Kier alpha value is -0.870. The number of nitrogens with one attached hydrogen (secondary N) is 1. The first-order valence-electron chi connectivity index (χ1n) is 5.52. The molecule has 4 heteroatoms. The minimum Gasteiger partial charge on any atom is -0.444 e. The quantitative estimate of drug-likeness (QED) is 0.827. The van der Waals surface area contributed by atoms with Gasteiger partial charge in [0, 0.05) is 19.1 Å². The lowest BCUT2D eigenvalue weighted by Gasteiger charge is -2.19. The van der Waals surface area contributed by atoms with Crippen molar-refractivity contribution in [2.24, 2.45) is 0 Å². The van der Waals surface area contributed by atoms with E-state index in [1.54, 1.807) is 0 Å². The molecule has 1 saturated heterocycles.